The van der Waals surface area contributed by atoms with Crippen molar-refractivity contribution in [2.24, 2.45) is 11.8 Å². The zero-order valence-electron chi connectivity index (χ0n) is 11.0. The molecule has 0 aliphatic heterocycles. The van der Waals surface area contributed by atoms with E-state index >= 15 is 0 Å². The van der Waals surface area contributed by atoms with Crippen LogP contribution in [0.3, 0.4) is 0 Å². The summed E-state index contributed by atoms with van der Waals surface area (Å²) < 4.78 is 0. The molecule has 2 aliphatic rings. The predicted octanol–water partition coefficient (Wildman–Crippen LogP) is 3.43. The summed E-state index contributed by atoms with van der Waals surface area (Å²) >= 11 is 6.37. The average molecular weight is 258 g/mol. The van der Waals surface area contributed by atoms with Crippen molar-refractivity contribution in [3.05, 3.63) is 0 Å². The predicted molar refractivity (Wildman–Crippen MR) is 71.2 cm³/mol. The fourth-order valence-electron chi connectivity index (χ4n) is 3.44. The lowest BCUT2D eigenvalue weighted by Crippen LogP contribution is -2.47. The Morgan fingerprint density at radius 1 is 1.12 bits per heavy atom. The molecule has 2 fully saturated rings. The molecule has 0 aromatic heterocycles. The Kier molecular flexibility index (Phi) is 4.35. The highest BCUT2D eigenvalue weighted by Crippen LogP contribution is 2.34. The van der Waals surface area contributed by atoms with E-state index in [1.807, 2.05) is 11.9 Å². The summed E-state index contributed by atoms with van der Waals surface area (Å²) in [6, 6.07) is 0.269. The van der Waals surface area contributed by atoms with Gasteiger partial charge in [0.05, 0.1) is 5.38 Å². The Balaban J connectivity index is 1.98. The molecule has 1 amide bonds. The molecular formula is C14H24ClNO. The Morgan fingerprint density at radius 2 is 1.82 bits per heavy atom. The third-order valence-corrected chi connectivity index (χ3v) is 5.18. The topological polar surface area (TPSA) is 20.3 Å². The summed E-state index contributed by atoms with van der Waals surface area (Å²) in [4.78, 5) is 14.4. The number of rotatable bonds is 2. The van der Waals surface area contributed by atoms with E-state index in [1.54, 1.807) is 0 Å². The number of alkyl halides is 1. The van der Waals surface area contributed by atoms with Crippen molar-refractivity contribution in [3.8, 4) is 0 Å². The Labute approximate surface area is 110 Å². The van der Waals surface area contributed by atoms with Crippen molar-refractivity contribution in [1.82, 2.24) is 4.90 Å². The second kappa shape index (κ2) is 5.60. The molecule has 98 valence electrons. The first kappa shape index (κ1) is 13.2. The normalized spacial score (nSPS) is 38.1. The molecule has 0 bridgehead atoms. The van der Waals surface area contributed by atoms with Crippen LogP contribution in [0.4, 0.5) is 0 Å². The molecular weight excluding hydrogens is 234 g/mol. The van der Waals surface area contributed by atoms with Gasteiger partial charge in [0.1, 0.15) is 0 Å². The van der Waals surface area contributed by atoms with Crippen LogP contribution in [0.5, 0.6) is 0 Å². The van der Waals surface area contributed by atoms with Crippen molar-refractivity contribution < 1.29 is 4.79 Å². The Hall–Kier alpha value is -0.240. The van der Waals surface area contributed by atoms with Crippen LogP contribution in [0, 0.1) is 11.8 Å². The monoisotopic (exact) mass is 257 g/mol. The van der Waals surface area contributed by atoms with Crippen molar-refractivity contribution in [2.45, 2.75) is 63.3 Å². The zero-order chi connectivity index (χ0) is 12.4. The SMILES string of the molecule is CC1CCCC1C(=O)N(C)C1CCCCC1Cl. The Bertz CT molecular complexity index is 281. The first-order valence-corrected chi connectivity index (χ1v) is 7.45. The highest BCUT2D eigenvalue weighted by atomic mass is 35.5. The maximum absolute atomic E-state index is 12.5. The van der Waals surface area contributed by atoms with Crippen LogP contribution in [-0.2, 0) is 4.79 Å². The summed E-state index contributed by atoms with van der Waals surface area (Å²) in [5.41, 5.74) is 0. The summed E-state index contributed by atoms with van der Waals surface area (Å²) in [5, 5.41) is 0.161. The van der Waals surface area contributed by atoms with Gasteiger partial charge in [-0.15, -0.1) is 11.6 Å². The van der Waals surface area contributed by atoms with Crippen LogP contribution < -0.4 is 0 Å². The van der Waals surface area contributed by atoms with E-state index in [0.717, 1.165) is 19.3 Å². The molecule has 0 spiro atoms. The van der Waals surface area contributed by atoms with Crippen molar-refractivity contribution in [2.75, 3.05) is 7.05 Å². The molecule has 17 heavy (non-hydrogen) atoms. The van der Waals surface area contributed by atoms with Crippen molar-refractivity contribution >= 4 is 17.5 Å². The average Bonchev–Trinajstić information content (AvgIpc) is 2.74. The van der Waals surface area contributed by atoms with Crippen LogP contribution in [0.1, 0.15) is 51.9 Å². The van der Waals surface area contributed by atoms with Gasteiger partial charge in [0, 0.05) is 19.0 Å². The molecule has 0 aromatic rings. The number of nitrogens with zero attached hydrogens (tertiary/aromatic N) is 1. The molecule has 0 radical (unpaired) electrons. The fraction of sp³-hybridized carbons (Fsp3) is 0.929. The maximum Gasteiger partial charge on any atom is 0.225 e. The molecule has 2 nitrogen and oxygen atoms in total. The second-order valence-corrected chi connectivity index (χ2v) is 6.39. The van der Waals surface area contributed by atoms with Crippen LogP contribution in [0.2, 0.25) is 0 Å². The summed E-state index contributed by atoms with van der Waals surface area (Å²) in [7, 11) is 1.96. The number of amides is 1. The molecule has 2 saturated carbocycles. The second-order valence-electron chi connectivity index (χ2n) is 5.83. The Morgan fingerprint density at radius 3 is 2.41 bits per heavy atom. The van der Waals surface area contributed by atoms with Gasteiger partial charge in [-0.05, 0) is 31.6 Å². The van der Waals surface area contributed by atoms with Gasteiger partial charge in [-0.1, -0.05) is 26.2 Å². The third kappa shape index (κ3) is 2.78. The van der Waals surface area contributed by atoms with Gasteiger partial charge in [0.2, 0.25) is 5.91 Å². The molecule has 0 saturated heterocycles. The molecule has 4 unspecified atom stereocenters. The van der Waals surface area contributed by atoms with E-state index < -0.39 is 0 Å². The van der Waals surface area contributed by atoms with Crippen LogP contribution in [0.15, 0.2) is 0 Å². The third-order valence-electron chi connectivity index (χ3n) is 4.67. The lowest BCUT2D eigenvalue weighted by Gasteiger charge is -2.36. The van der Waals surface area contributed by atoms with Gasteiger partial charge >= 0.3 is 0 Å². The number of halogens is 1. The highest BCUT2D eigenvalue weighted by molar-refractivity contribution is 6.21. The lowest BCUT2D eigenvalue weighted by atomic mass is 9.91. The van der Waals surface area contributed by atoms with E-state index in [1.165, 1.54) is 25.7 Å². The molecule has 4 atom stereocenters. The van der Waals surface area contributed by atoms with Crippen molar-refractivity contribution in [3.63, 3.8) is 0 Å². The van der Waals surface area contributed by atoms with Gasteiger partial charge in [-0.3, -0.25) is 4.79 Å². The number of hydrogen-bond donors (Lipinski definition) is 0. The fourth-order valence-corrected chi connectivity index (χ4v) is 3.89. The quantitative estimate of drug-likeness (QED) is 0.694. The first-order valence-electron chi connectivity index (χ1n) is 7.02. The summed E-state index contributed by atoms with van der Waals surface area (Å²) in [6.45, 7) is 2.21. The van der Waals surface area contributed by atoms with Crippen molar-refractivity contribution in [1.29, 1.82) is 0 Å². The molecule has 3 heteroatoms. The summed E-state index contributed by atoms with van der Waals surface area (Å²) in [6.07, 6.45) is 8.06. The van der Waals surface area contributed by atoms with Crippen LogP contribution in [0.25, 0.3) is 0 Å². The molecule has 0 N–H and O–H groups in total. The lowest BCUT2D eigenvalue weighted by molar-refractivity contribution is -0.137. The minimum absolute atomic E-state index is 0.161. The minimum atomic E-state index is 0.161. The maximum atomic E-state index is 12.5. The van der Waals surface area contributed by atoms with Gasteiger partial charge < -0.3 is 4.90 Å². The van der Waals surface area contributed by atoms with E-state index in [2.05, 4.69) is 6.92 Å². The van der Waals surface area contributed by atoms with Gasteiger partial charge in [-0.2, -0.15) is 0 Å². The molecule has 2 rings (SSSR count). The number of hydrogen-bond acceptors (Lipinski definition) is 1. The number of carbonyl (C=O) groups is 1. The zero-order valence-corrected chi connectivity index (χ0v) is 11.7. The largest absolute Gasteiger partial charge is 0.341 e. The van der Waals surface area contributed by atoms with Crippen LogP contribution in [-0.4, -0.2) is 29.3 Å². The van der Waals surface area contributed by atoms with E-state index in [9.17, 15) is 4.79 Å². The summed E-state index contributed by atoms with van der Waals surface area (Å²) in [5.74, 6) is 1.15. The smallest absolute Gasteiger partial charge is 0.225 e. The van der Waals surface area contributed by atoms with Crippen LogP contribution >= 0.6 is 11.6 Å². The number of carbonyl (C=O) groups excluding carboxylic acids is 1. The van der Waals surface area contributed by atoms with Gasteiger partial charge in [-0.25, -0.2) is 0 Å². The van der Waals surface area contributed by atoms with E-state index in [-0.39, 0.29) is 17.3 Å². The van der Waals surface area contributed by atoms with E-state index in [0.29, 0.717) is 11.8 Å². The minimum Gasteiger partial charge on any atom is -0.341 e. The standard InChI is InChI=1S/C14H24ClNO/c1-10-6-5-7-11(10)14(17)16(2)13-9-4-3-8-12(13)15/h10-13H,3-9H2,1-2H3. The molecule has 0 aromatic carbocycles. The van der Waals surface area contributed by atoms with E-state index in [4.69, 9.17) is 11.6 Å². The molecule has 0 heterocycles. The van der Waals surface area contributed by atoms with Gasteiger partial charge in [0.25, 0.3) is 0 Å². The van der Waals surface area contributed by atoms with Gasteiger partial charge in [0.15, 0.2) is 0 Å². The first-order chi connectivity index (χ1) is 8.11. The molecule has 2 aliphatic carbocycles. The highest BCUT2D eigenvalue weighted by Gasteiger charge is 2.36.